The van der Waals surface area contributed by atoms with E-state index in [-0.39, 0.29) is 11.2 Å². The summed E-state index contributed by atoms with van der Waals surface area (Å²) in [6.07, 6.45) is 6.35. The molecule has 1 heterocycles. The summed E-state index contributed by atoms with van der Waals surface area (Å²) < 4.78 is 24.9. The Morgan fingerprint density at radius 1 is 1.12 bits per heavy atom. The van der Waals surface area contributed by atoms with Gasteiger partial charge in [-0.1, -0.05) is 13.0 Å². The molecule has 136 valence electrons. The number of carbonyl (C=O) groups excluding carboxylic acids is 1. The van der Waals surface area contributed by atoms with Crippen LogP contribution < -0.4 is 5.32 Å². The SMILES string of the molecule is CCN1CC(S(=O)(=O)CC(=O)Nc2c3c(cc4c2CCC4)CCC3)C1. The number of likely N-dealkylation sites (tertiary alicyclic amines) is 1. The number of amides is 1. The number of carbonyl (C=O) groups is 1. The van der Waals surface area contributed by atoms with E-state index < -0.39 is 15.6 Å². The second-order valence-corrected chi connectivity index (χ2v) is 9.84. The molecule has 1 amide bonds. The molecule has 3 aliphatic rings. The molecule has 6 heteroatoms. The largest absolute Gasteiger partial charge is 0.325 e. The average molecular weight is 362 g/mol. The van der Waals surface area contributed by atoms with Crippen molar-refractivity contribution in [2.45, 2.75) is 50.7 Å². The van der Waals surface area contributed by atoms with E-state index in [2.05, 4.69) is 16.3 Å². The standard InChI is InChI=1S/C19H26N2O3S/c1-2-21-10-15(11-21)25(23,24)12-18(22)20-19-16-7-3-5-13(16)9-14-6-4-8-17(14)19/h9,15H,2-8,10-12H2,1H3,(H,20,22). The van der Waals surface area contributed by atoms with Crippen LogP contribution in [0.25, 0.3) is 0 Å². The topological polar surface area (TPSA) is 66.5 Å². The summed E-state index contributed by atoms with van der Waals surface area (Å²) in [5.74, 6) is -0.766. The second-order valence-electron chi connectivity index (χ2n) is 7.56. The lowest BCUT2D eigenvalue weighted by Gasteiger charge is -2.37. The molecule has 0 spiro atoms. The third-order valence-electron chi connectivity index (χ3n) is 5.95. The number of hydrogen-bond acceptors (Lipinski definition) is 4. The van der Waals surface area contributed by atoms with E-state index in [1.165, 1.54) is 22.3 Å². The minimum Gasteiger partial charge on any atom is -0.325 e. The van der Waals surface area contributed by atoms with Crippen LogP contribution in [0, 0.1) is 0 Å². The Morgan fingerprint density at radius 2 is 1.72 bits per heavy atom. The van der Waals surface area contributed by atoms with Gasteiger partial charge in [-0.25, -0.2) is 8.42 Å². The lowest BCUT2D eigenvalue weighted by atomic mass is 9.98. The lowest BCUT2D eigenvalue weighted by Crippen LogP contribution is -2.55. The Balaban J connectivity index is 1.51. The molecule has 0 aromatic heterocycles. The first-order valence-electron chi connectivity index (χ1n) is 9.38. The molecule has 0 saturated carbocycles. The van der Waals surface area contributed by atoms with Crippen LogP contribution in [-0.4, -0.2) is 49.9 Å². The van der Waals surface area contributed by atoms with Gasteiger partial charge in [0.2, 0.25) is 5.91 Å². The van der Waals surface area contributed by atoms with Crippen LogP contribution >= 0.6 is 0 Å². The van der Waals surface area contributed by atoms with Crippen molar-refractivity contribution in [3.8, 4) is 0 Å². The van der Waals surface area contributed by atoms with E-state index in [1.807, 2.05) is 6.92 Å². The fourth-order valence-electron chi connectivity index (χ4n) is 4.45. The van der Waals surface area contributed by atoms with Crippen LogP contribution in [0.1, 0.15) is 42.0 Å². The van der Waals surface area contributed by atoms with Crippen LogP contribution in [0.4, 0.5) is 5.69 Å². The number of hydrogen-bond donors (Lipinski definition) is 1. The van der Waals surface area contributed by atoms with Crippen LogP contribution in [-0.2, 0) is 40.3 Å². The molecule has 2 aliphatic carbocycles. The monoisotopic (exact) mass is 362 g/mol. The second kappa shape index (κ2) is 6.40. The van der Waals surface area contributed by atoms with Crippen LogP contribution in [0.15, 0.2) is 6.07 Å². The third-order valence-corrected chi connectivity index (χ3v) is 7.93. The van der Waals surface area contributed by atoms with Crippen molar-refractivity contribution in [3.05, 3.63) is 28.3 Å². The summed E-state index contributed by atoms with van der Waals surface area (Å²) in [7, 11) is -3.37. The maximum Gasteiger partial charge on any atom is 0.239 e. The quantitative estimate of drug-likeness (QED) is 0.866. The number of anilines is 1. The summed E-state index contributed by atoms with van der Waals surface area (Å²) >= 11 is 0. The summed E-state index contributed by atoms with van der Waals surface area (Å²) in [6, 6.07) is 2.31. The van der Waals surface area contributed by atoms with Gasteiger partial charge in [-0.2, -0.15) is 0 Å². The molecule has 1 aromatic rings. The minimum absolute atomic E-state index is 0.371. The number of aryl methyl sites for hydroxylation is 2. The number of rotatable bonds is 5. The number of benzene rings is 1. The van der Waals surface area contributed by atoms with Crippen molar-refractivity contribution in [2.24, 2.45) is 0 Å². The number of fused-ring (bicyclic) bond motifs is 2. The molecule has 1 aliphatic heterocycles. The van der Waals surface area contributed by atoms with E-state index in [0.717, 1.165) is 50.8 Å². The molecule has 0 atom stereocenters. The van der Waals surface area contributed by atoms with Gasteiger partial charge in [-0.05, 0) is 67.3 Å². The van der Waals surface area contributed by atoms with Gasteiger partial charge in [-0.3, -0.25) is 4.79 Å². The Hall–Kier alpha value is -1.40. The third kappa shape index (κ3) is 3.10. The van der Waals surface area contributed by atoms with Crippen LogP contribution in [0.2, 0.25) is 0 Å². The smallest absolute Gasteiger partial charge is 0.239 e. The summed E-state index contributed by atoms with van der Waals surface area (Å²) in [4.78, 5) is 14.6. The zero-order valence-corrected chi connectivity index (χ0v) is 15.6. The van der Waals surface area contributed by atoms with Gasteiger partial charge in [0.1, 0.15) is 5.75 Å². The molecule has 5 nitrogen and oxygen atoms in total. The highest BCUT2D eigenvalue weighted by Gasteiger charge is 2.37. The van der Waals surface area contributed by atoms with E-state index >= 15 is 0 Å². The Bertz CT molecular complexity index is 778. The molecule has 1 N–H and O–H groups in total. The molecule has 4 rings (SSSR count). The molecule has 0 bridgehead atoms. The number of sulfone groups is 1. The van der Waals surface area contributed by atoms with Crippen molar-refractivity contribution < 1.29 is 13.2 Å². The fourth-order valence-corrected chi connectivity index (χ4v) is 6.00. The maximum atomic E-state index is 12.5. The van der Waals surface area contributed by atoms with Gasteiger partial charge < -0.3 is 10.2 Å². The number of nitrogens with one attached hydrogen (secondary N) is 1. The minimum atomic E-state index is -3.37. The molecular weight excluding hydrogens is 336 g/mol. The molecule has 25 heavy (non-hydrogen) atoms. The van der Waals surface area contributed by atoms with Crippen molar-refractivity contribution in [2.75, 3.05) is 30.7 Å². The van der Waals surface area contributed by atoms with Crippen molar-refractivity contribution in [1.29, 1.82) is 0 Å². The first-order valence-corrected chi connectivity index (χ1v) is 11.1. The van der Waals surface area contributed by atoms with Gasteiger partial charge in [0, 0.05) is 18.8 Å². The zero-order chi connectivity index (χ0) is 17.6. The maximum absolute atomic E-state index is 12.5. The molecule has 1 saturated heterocycles. The predicted molar refractivity (Wildman–Crippen MR) is 98.8 cm³/mol. The lowest BCUT2D eigenvalue weighted by molar-refractivity contribution is -0.113. The normalized spacial score (nSPS) is 20.2. The highest BCUT2D eigenvalue weighted by molar-refractivity contribution is 7.92. The van der Waals surface area contributed by atoms with Gasteiger partial charge in [-0.15, -0.1) is 0 Å². The summed E-state index contributed by atoms with van der Waals surface area (Å²) in [5.41, 5.74) is 6.11. The summed E-state index contributed by atoms with van der Waals surface area (Å²) in [6.45, 7) is 4.00. The first kappa shape index (κ1) is 17.0. The van der Waals surface area contributed by atoms with E-state index in [1.54, 1.807) is 0 Å². The highest BCUT2D eigenvalue weighted by atomic mass is 32.2. The van der Waals surface area contributed by atoms with E-state index in [0.29, 0.717) is 13.1 Å². The summed E-state index contributed by atoms with van der Waals surface area (Å²) in [5, 5.41) is 2.61. The van der Waals surface area contributed by atoms with Crippen LogP contribution in [0.5, 0.6) is 0 Å². The van der Waals surface area contributed by atoms with E-state index in [9.17, 15) is 13.2 Å². The van der Waals surface area contributed by atoms with Gasteiger partial charge in [0.15, 0.2) is 9.84 Å². The van der Waals surface area contributed by atoms with Crippen molar-refractivity contribution in [3.63, 3.8) is 0 Å². The zero-order valence-electron chi connectivity index (χ0n) is 14.8. The first-order chi connectivity index (χ1) is 12.0. The predicted octanol–water partition coefficient (Wildman–Crippen LogP) is 1.72. The van der Waals surface area contributed by atoms with Gasteiger partial charge >= 0.3 is 0 Å². The Morgan fingerprint density at radius 3 is 2.28 bits per heavy atom. The van der Waals surface area contributed by atoms with Crippen molar-refractivity contribution in [1.82, 2.24) is 4.90 Å². The van der Waals surface area contributed by atoms with Gasteiger partial charge in [0.25, 0.3) is 0 Å². The van der Waals surface area contributed by atoms with Crippen LogP contribution in [0.3, 0.4) is 0 Å². The average Bonchev–Trinajstić information content (AvgIpc) is 3.13. The molecule has 1 aromatic carbocycles. The highest BCUT2D eigenvalue weighted by Crippen LogP contribution is 2.38. The molecule has 1 fully saturated rings. The molecule has 0 unspecified atom stereocenters. The Kier molecular flexibility index (Phi) is 4.36. The van der Waals surface area contributed by atoms with Crippen molar-refractivity contribution >= 4 is 21.4 Å². The number of nitrogens with zero attached hydrogens (tertiary/aromatic N) is 1. The fraction of sp³-hybridized carbons (Fsp3) is 0.632. The van der Waals surface area contributed by atoms with E-state index in [4.69, 9.17) is 0 Å². The molecule has 0 radical (unpaired) electrons. The Labute approximate surface area is 149 Å². The molecular formula is C19H26N2O3S. The van der Waals surface area contributed by atoms with Gasteiger partial charge in [0.05, 0.1) is 5.25 Å².